The Balaban J connectivity index is 1.69. The highest BCUT2D eigenvalue weighted by Gasteiger charge is 2.34. The minimum atomic E-state index is -0.316. The van der Waals surface area contributed by atoms with E-state index in [0.29, 0.717) is 5.92 Å². The van der Waals surface area contributed by atoms with Crippen LogP contribution in [0.25, 0.3) is 0 Å². The van der Waals surface area contributed by atoms with Crippen molar-refractivity contribution in [2.75, 3.05) is 0 Å². The van der Waals surface area contributed by atoms with Crippen LogP contribution < -0.4 is 0 Å². The molecule has 2 heteroatoms. The first-order chi connectivity index (χ1) is 19.6. The van der Waals surface area contributed by atoms with Crippen molar-refractivity contribution in [3.8, 4) is 0 Å². The van der Waals surface area contributed by atoms with Gasteiger partial charge >= 0.3 is 0 Å². The molecule has 4 atom stereocenters. The van der Waals surface area contributed by atoms with Crippen LogP contribution >= 0.6 is 0 Å². The molecule has 2 rings (SSSR count). The van der Waals surface area contributed by atoms with E-state index in [4.69, 9.17) is 0 Å². The second kappa shape index (κ2) is 16.8. The maximum Gasteiger partial charge on any atom is 0.0729 e. The summed E-state index contributed by atoms with van der Waals surface area (Å²) in [5, 5.41) is 20.2. The van der Waals surface area contributed by atoms with E-state index in [1.165, 1.54) is 53.5 Å². The molecule has 236 valence electrons. The van der Waals surface area contributed by atoms with Gasteiger partial charge in [-0.25, -0.2) is 0 Å². The fourth-order valence-corrected chi connectivity index (χ4v) is 7.25. The van der Waals surface area contributed by atoms with Crippen LogP contribution in [0.3, 0.4) is 0 Å². The lowest BCUT2D eigenvalue weighted by Crippen LogP contribution is -2.32. The molecule has 0 saturated heterocycles. The Bertz CT molecular complexity index is 1080. The van der Waals surface area contributed by atoms with Gasteiger partial charge in [0.2, 0.25) is 0 Å². The van der Waals surface area contributed by atoms with Crippen molar-refractivity contribution >= 4 is 0 Å². The van der Waals surface area contributed by atoms with E-state index in [9.17, 15) is 10.2 Å². The second-order valence-electron chi connectivity index (χ2n) is 15.1. The van der Waals surface area contributed by atoms with Gasteiger partial charge in [-0.3, -0.25) is 0 Å². The number of allylic oxidation sites excluding steroid dienone is 12. The molecule has 0 spiro atoms. The lowest BCUT2D eigenvalue weighted by Gasteiger charge is -2.38. The Morgan fingerprint density at radius 3 is 2.33 bits per heavy atom. The summed E-state index contributed by atoms with van der Waals surface area (Å²) in [4.78, 5) is 0. The van der Waals surface area contributed by atoms with Gasteiger partial charge in [-0.1, -0.05) is 123 Å². The molecule has 0 aromatic heterocycles. The van der Waals surface area contributed by atoms with Gasteiger partial charge < -0.3 is 10.2 Å². The first-order valence-electron chi connectivity index (χ1n) is 16.7. The van der Waals surface area contributed by atoms with Gasteiger partial charge in [-0.2, -0.15) is 0 Å². The summed E-state index contributed by atoms with van der Waals surface area (Å²) in [6.07, 6.45) is 28.4. The third kappa shape index (κ3) is 12.4. The number of aliphatic hydroxyl groups excluding tert-OH is 2. The summed E-state index contributed by atoms with van der Waals surface area (Å²) in [6.45, 7) is 22.5. The molecule has 2 N–H and O–H groups in total. The van der Waals surface area contributed by atoms with E-state index in [-0.39, 0.29) is 23.0 Å². The first kappa shape index (κ1) is 36.3. The summed E-state index contributed by atoms with van der Waals surface area (Å²) >= 11 is 0. The zero-order valence-electron chi connectivity index (χ0n) is 28.9. The Morgan fingerprint density at radius 2 is 1.67 bits per heavy atom. The highest BCUT2D eigenvalue weighted by Crippen LogP contribution is 2.43. The molecular weight excluding hydrogens is 512 g/mol. The van der Waals surface area contributed by atoms with Crippen LogP contribution in [-0.2, 0) is 0 Å². The lowest BCUT2D eigenvalue weighted by molar-refractivity contribution is 0.113. The molecule has 2 nitrogen and oxygen atoms in total. The Labute approximate surface area is 260 Å². The predicted molar refractivity (Wildman–Crippen MR) is 184 cm³/mol. The maximum atomic E-state index is 10.1. The van der Waals surface area contributed by atoms with Crippen LogP contribution in [0.5, 0.6) is 0 Å². The first-order valence-corrected chi connectivity index (χ1v) is 16.7. The van der Waals surface area contributed by atoms with E-state index in [1.54, 1.807) is 5.57 Å². The van der Waals surface area contributed by atoms with Crippen molar-refractivity contribution < 1.29 is 10.2 Å². The molecule has 0 heterocycles. The van der Waals surface area contributed by atoms with Crippen molar-refractivity contribution in [1.82, 2.24) is 0 Å². The monoisotopic (exact) mass is 576 g/mol. The number of unbranched alkanes of at least 4 members (excludes halogenated alkanes) is 1. The zero-order chi connectivity index (χ0) is 31.5. The highest BCUT2D eigenvalue weighted by molar-refractivity contribution is 5.30. The molecule has 0 aliphatic heterocycles. The van der Waals surface area contributed by atoms with Crippen molar-refractivity contribution in [3.63, 3.8) is 0 Å². The van der Waals surface area contributed by atoms with Crippen molar-refractivity contribution in [1.29, 1.82) is 0 Å². The Kier molecular flexibility index (Phi) is 14.5. The van der Waals surface area contributed by atoms with Crippen molar-refractivity contribution in [3.05, 3.63) is 82.0 Å². The van der Waals surface area contributed by atoms with E-state index in [0.717, 1.165) is 44.4 Å². The quantitative estimate of drug-likeness (QED) is 0.123. The van der Waals surface area contributed by atoms with Crippen LogP contribution in [0.4, 0.5) is 0 Å². The Morgan fingerprint density at radius 1 is 0.952 bits per heavy atom. The standard InChI is InChI=1S/C40H64O2/c1-29(17-13-19-31(3)21-23-37-33(5)25-35(41)27-39(37,7)8)15-11-12-16-30(2)18-14-20-32(4)22-24-38-34(6)26-36(42)28-40(38,9)10/h13,15,17,19-21,23,25,30,35-37,41-42H,11-12,14,16,18,22,24,26-28H2,1-10H3/b17-13+,23-21+,29-15+,31-19+,32-20-/t30?,35-,36-,37-/m0/s1. The smallest absolute Gasteiger partial charge is 0.0729 e. The normalized spacial score (nSPS) is 26.3. The van der Waals surface area contributed by atoms with E-state index in [2.05, 4.69) is 112 Å². The Hall–Kier alpha value is -1.90. The van der Waals surface area contributed by atoms with Crippen LogP contribution in [-0.4, -0.2) is 22.4 Å². The van der Waals surface area contributed by atoms with Crippen LogP contribution in [0.15, 0.2) is 82.0 Å². The van der Waals surface area contributed by atoms with E-state index in [1.807, 2.05) is 6.08 Å². The maximum absolute atomic E-state index is 10.1. The van der Waals surface area contributed by atoms with Crippen LogP contribution in [0.2, 0.25) is 0 Å². The third-order valence-corrected chi connectivity index (χ3v) is 9.70. The summed E-state index contributed by atoms with van der Waals surface area (Å²) in [6, 6.07) is 0. The van der Waals surface area contributed by atoms with Gasteiger partial charge in [0.25, 0.3) is 0 Å². The van der Waals surface area contributed by atoms with Gasteiger partial charge in [-0.15, -0.1) is 0 Å². The molecule has 0 radical (unpaired) electrons. The molecule has 0 bridgehead atoms. The van der Waals surface area contributed by atoms with Gasteiger partial charge in [-0.05, 0) is 109 Å². The second-order valence-corrected chi connectivity index (χ2v) is 15.1. The summed E-state index contributed by atoms with van der Waals surface area (Å²) in [7, 11) is 0. The minimum absolute atomic E-state index is 0.0766. The molecule has 0 aromatic rings. The summed E-state index contributed by atoms with van der Waals surface area (Å²) in [5.74, 6) is 1.13. The van der Waals surface area contributed by atoms with Gasteiger partial charge in [0.05, 0.1) is 12.2 Å². The highest BCUT2D eigenvalue weighted by atomic mass is 16.3. The van der Waals surface area contributed by atoms with Gasteiger partial charge in [0.1, 0.15) is 0 Å². The molecule has 2 aliphatic carbocycles. The predicted octanol–water partition coefficient (Wildman–Crippen LogP) is 11.2. The van der Waals surface area contributed by atoms with Gasteiger partial charge in [0.15, 0.2) is 0 Å². The van der Waals surface area contributed by atoms with Crippen molar-refractivity contribution in [2.24, 2.45) is 22.7 Å². The molecule has 0 aromatic carbocycles. The number of rotatable bonds is 14. The molecule has 0 saturated carbocycles. The van der Waals surface area contributed by atoms with Gasteiger partial charge in [0, 0.05) is 5.92 Å². The molecule has 0 fully saturated rings. The van der Waals surface area contributed by atoms with Crippen LogP contribution in [0.1, 0.15) is 133 Å². The fraction of sp³-hybridized carbons (Fsp3) is 0.650. The largest absolute Gasteiger partial charge is 0.393 e. The zero-order valence-corrected chi connectivity index (χ0v) is 28.9. The molecule has 2 aliphatic rings. The number of aliphatic hydroxyl groups is 2. The van der Waals surface area contributed by atoms with E-state index >= 15 is 0 Å². The van der Waals surface area contributed by atoms with Crippen LogP contribution in [0, 0.1) is 22.7 Å². The fourth-order valence-electron chi connectivity index (χ4n) is 7.25. The molecule has 0 amide bonds. The lowest BCUT2D eigenvalue weighted by atomic mass is 9.67. The average molecular weight is 577 g/mol. The number of hydrogen-bond acceptors (Lipinski definition) is 2. The number of hydrogen-bond donors (Lipinski definition) is 2. The summed E-state index contributed by atoms with van der Waals surface area (Å²) in [5.41, 5.74) is 8.54. The minimum Gasteiger partial charge on any atom is -0.393 e. The SMILES string of the molecule is CC1=C[C@H](O)CC(C)(C)[C@H]1/C=C/C(C)=C/C=C/C(C)=C/CCCC(C)CC/C=C(/C)CCC1=C(C)C[C@H](O)CC1(C)C. The van der Waals surface area contributed by atoms with Crippen molar-refractivity contribution in [2.45, 2.75) is 146 Å². The molecular formula is C40H64O2. The molecule has 1 unspecified atom stereocenters. The topological polar surface area (TPSA) is 40.5 Å². The van der Waals surface area contributed by atoms with E-state index < -0.39 is 0 Å². The third-order valence-electron chi connectivity index (χ3n) is 9.70. The average Bonchev–Trinajstić information content (AvgIpc) is 2.84. The molecule has 42 heavy (non-hydrogen) atoms. The summed E-state index contributed by atoms with van der Waals surface area (Å²) < 4.78 is 0.